The van der Waals surface area contributed by atoms with Gasteiger partial charge in [-0.1, -0.05) is 11.3 Å². The molecule has 36 heavy (non-hydrogen) atoms. The minimum Gasteiger partial charge on any atom is -0.477 e. The van der Waals surface area contributed by atoms with Gasteiger partial charge < -0.3 is 26.0 Å². The molecule has 192 valence electrons. The number of benzene rings is 1. The third-order valence-corrected chi connectivity index (χ3v) is 9.77. The molecule has 0 bridgehead atoms. The Morgan fingerprint density at radius 3 is 2.36 bits per heavy atom. The van der Waals surface area contributed by atoms with Crippen molar-refractivity contribution < 1.29 is 22.7 Å². The molecule has 5 rings (SSSR count). The second-order valence-electron chi connectivity index (χ2n) is 9.18. The standard InChI is InChI=1S/C21H24FN7O5S2/c1-9-6-27(7-10(2)29(9)36(33,34)21-26-25-20(24)35-21)14-5-13-15(17(23)16(14)22)18(30)12(19(31)32)8-28(13)11-3-4-11/h5,8-11H,3-4,6-7,23H2,1-2H3,(H2,24,25)(H,31,32). The van der Waals surface area contributed by atoms with Crippen LogP contribution in [0.5, 0.6) is 0 Å². The lowest BCUT2D eigenvalue weighted by molar-refractivity contribution is 0.0694. The zero-order valence-electron chi connectivity index (χ0n) is 19.4. The summed E-state index contributed by atoms with van der Waals surface area (Å²) in [5.41, 5.74) is 10.4. The highest BCUT2D eigenvalue weighted by atomic mass is 32.2. The Hall–Kier alpha value is -3.30. The van der Waals surface area contributed by atoms with Crippen LogP contribution in [-0.2, 0) is 10.0 Å². The number of nitrogens with two attached hydrogens (primary N) is 2. The van der Waals surface area contributed by atoms with Crippen LogP contribution in [-0.4, -0.2) is 63.7 Å². The van der Waals surface area contributed by atoms with Crippen molar-refractivity contribution >= 4 is 54.7 Å². The van der Waals surface area contributed by atoms with Crippen LogP contribution in [0.15, 0.2) is 21.4 Å². The molecule has 15 heteroatoms. The SMILES string of the molecule is CC1CN(c2cc3c(c(N)c2F)c(=O)c(C(=O)O)cn3C2CC2)CC(C)N1S(=O)(=O)c1nnc(N)s1. The highest BCUT2D eigenvalue weighted by Crippen LogP contribution is 2.40. The summed E-state index contributed by atoms with van der Waals surface area (Å²) in [4.78, 5) is 26.2. The number of hydrogen-bond acceptors (Lipinski definition) is 10. The molecule has 0 amide bonds. The summed E-state index contributed by atoms with van der Waals surface area (Å²) in [7, 11) is -3.97. The van der Waals surface area contributed by atoms with Gasteiger partial charge in [0.2, 0.25) is 14.9 Å². The molecule has 2 fully saturated rings. The Kier molecular flexibility index (Phi) is 5.68. The van der Waals surface area contributed by atoms with Gasteiger partial charge >= 0.3 is 5.97 Å². The van der Waals surface area contributed by atoms with Crippen LogP contribution in [0.2, 0.25) is 0 Å². The first kappa shape index (κ1) is 24.4. The molecule has 1 aliphatic carbocycles. The number of sulfonamides is 1. The molecule has 3 aromatic rings. The number of carboxylic acid groups (broad SMARTS) is 1. The van der Waals surface area contributed by atoms with Crippen LogP contribution in [0.4, 0.5) is 20.9 Å². The van der Waals surface area contributed by atoms with Crippen molar-refractivity contribution in [3.63, 3.8) is 0 Å². The average Bonchev–Trinajstić information content (AvgIpc) is 3.54. The molecular formula is C21H24FN7O5S2. The summed E-state index contributed by atoms with van der Waals surface area (Å²) in [5.74, 6) is -2.26. The molecule has 0 spiro atoms. The first-order chi connectivity index (χ1) is 16.9. The van der Waals surface area contributed by atoms with Crippen molar-refractivity contribution in [3.8, 4) is 0 Å². The molecule has 0 radical (unpaired) electrons. The summed E-state index contributed by atoms with van der Waals surface area (Å²) in [6, 6.07) is 0.352. The Morgan fingerprint density at radius 1 is 1.19 bits per heavy atom. The predicted octanol–water partition coefficient (Wildman–Crippen LogP) is 1.48. The van der Waals surface area contributed by atoms with Crippen molar-refractivity contribution in [1.82, 2.24) is 19.1 Å². The van der Waals surface area contributed by atoms with Gasteiger partial charge in [-0.2, -0.15) is 4.31 Å². The van der Waals surface area contributed by atoms with E-state index in [9.17, 15) is 23.1 Å². The molecule has 1 aromatic carbocycles. The molecule has 2 aromatic heterocycles. The molecule has 1 saturated carbocycles. The largest absolute Gasteiger partial charge is 0.477 e. The van der Waals surface area contributed by atoms with Gasteiger partial charge in [-0.3, -0.25) is 4.79 Å². The first-order valence-electron chi connectivity index (χ1n) is 11.2. The Labute approximate surface area is 209 Å². The number of nitrogens with zero attached hydrogens (tertiary/aromatic N) is 5. The van der Waals surface area contributed by atoms with E-state index in [1.165, 1.54) is 16.6 Å². The van der Waals surface area contributed by atoms with Gasteiger partial charge in [0.15, 0.2) is 5.82 Å². The maximum atomic E-state index is 15.6. The van der Waals surface area contributed by atoms with Gasteiger partial charge in [0.1, 0.15) is 5.56 Å². The van der Waals surface area contributed by atoms with E-state index in [0.29, 0.717) is 5.52 Å². The van der Waals surface area contributed by atoms with Crippen molar-refractivity contribution in [3.05, 3.63) is 33.9 Å². The van der Waals surface area contributed by atoms with Crippen molar-refractivity contribution in [1.29, 1.82) is 0 Å². The lowest BCUT2D eigenvalue weighted by atomic mass is 10.0. The van der Waals surface area contributed by atoms with Crippen molar-refractivity contribution in [2.45, 2.75) is 49.2 Å². The number of pyridine rings is 1. The topological polar surface area (TPSA) is 178 Å². The van der Waals surface area contributed by atoms with Crippen LogP contribution >= 0.6 is 11.3 Å². The minimum atomic E-state index is -3.97. The van der Waals surface area contributed by atoms with Crippen LogP contribution in [0, 0.1) is 5.82 Å². The maximum Gasteiger partial charge on any atom is 0.341 e. The van der Waals surface area contributed by atoms with Gasteiger partial charge in [-0.05, 0) is 32.8 Å². The second-order valence-corrected chi connectivity index (χ2v) is 12.2. The van der Waals surface area contributed by atoms with Crippen LogP contribution in [0.1, 0.15) is 43.1 Å². The monoisotopic (exact) mass is 537 g/mol. The molecule has 5 N–H and O–H groups in total. The van der Waals surface area contributed by atoms with E-state index in [1.807, 2.05) is 0 Å². The summed E-state index contributed by atoms with van der Waals surface area (Å²) in [6.07, 6.45) is 2.88. The van der Waals surface area contributed by atoms with E-state index >= 15 is 4.39 Å². The third kappa shape index (κ3) is 3.77. The highest BCUT2D eigenvalue weighted by molar-refractivity contribution is 7.91. The molecule has 2 unspecified atom stereocenters. The number of carbonyl (C=O) groups is 1. The fraction of sp³-hybridized carbons (Fsp3) is 0.429. The number of fused-ring (bicyclic) bond motifs is 1. The zero-order valence-corrected chi connectivity index (χ0v) is 21.0. The van der Waals surface area contributed by atoms with E-state index in [-0.39, 0.29) is 39.7 Å². The maximum absolute atomic E-state index is 15.6. The van der Waals surface area contributed by atoms with E-state index in [0.717, 1.165) is 24.2 Å². The first-order valence-corrected chi connectivity index (χ1v) is 13.4. The van der Waals surface area contributed by atoms with Gasteiger partial charge in [0.25, 0.3) is 10.0 Å². The van der Waals surface area contributed by atoms with E-state index in [1.54, 1.807) is 23.3 Å². The molecule has 1 aliphatic heterocycles. The fourth-order valence-corrected chi connectivity index (χ4v) is 7.61. The summed E-state index contributed by atoms with van der Waals surface area (Å²) in [6.45, 7) is 3.68. The Balaban J connectivity index is 1.58. The van der Waals surface area contributed by atoms with E-state index in [4.69, 9.17) is 11.5 Å². The quantitative estimate of drug-likeness (QED) is 0.404. The van der Waals surface area contributed by atoms with Crippen LogP contribution in [0.25, 0.3) is 10.9 Å². The number of anilines is 3. The normalized spacial score (nSPS) is 21.2. The molecule has 3 heterocycles. The number of rotatable bonds is 5. The number of aromatic nitrogens is 3. The average molecular weight is 538 g/mol. The molecule has 2 aliphatic rings. The summed E-state index contributed by atoms with van der Waals surface area (Å²) < 4.78 is 44.8. The molecule has 1 saturated heterocycles. The lowest BCUT2D eigenvalue weighted by Crippen LogP contribution is -2.58. The fourth-order valence-electron chi connectivity index (χ4n) is 4.93. The number of nitrogen functional groups attached to an aromatic ring is 2. The van der Waals surface area contributed by atoms with E-state index in [2.05, 4.69) is 10.2 Å². The predicted molar refractivity (Wildman–Crippen MR) is 132 cm³/mol. The zero-order chi connectivity index (χ0) is 26.1. The summed E-state index contributed by atoms with van der Waals surface area (Å²) >= 11 is 0.772. The summed E-state index contributed by atoms with van der Waals surface area (Å²) in [5, 5.41) is 16.6. The molecule has 2 atom stereocenters. The highest BCUT2D eigenvalue weighted by Gasteiger charge is 2.41. The van der Waals surface area contributed by atoms with E-state index < -0.39 is 50.6 Å². The number of hydrogen-bond donors (Lipinski definition) is 3. The van der Waals surface area contributed by atoms with Crippen molar-refractivity contribution in [2.24, 2.45) is 0 Å². The molecule has 12 nitrogen and oxygen atoms in total. The number of aromatic carboxylic acids is 1. The number of halogens is 1. The third-order valence-electron chi connectivity index (χ3n) is 6.55. The van der Waals surface area contributed by atoms with Crippen LogP contribution < -0.4 is 21.8 Å². The van der Waals surface area contributed by atoms with Crippen LogP contribution in [0.3, 0.4) is 0 Å². The van der Waals surface area contributed by atoms with Gasteiger partial charge in [0, 0.05) is 37.4 Å². The lowest BCUT2D eigenvalue weighted by Gasteiger charge is -2.44. The second kappa shape index (κ2) is 8.38. The van der Waals surface area contributed by atoms with Gasteiger partial charge in [-0.15, -0.1) is 10.2 Å². The molecular weight excluding hydrogens is 513 g/mol. The van der Waals surface area contributed by atoms with Gasteiger partial charge in [-0.25, -0.2) is 17.6 Å². The Bertz CT molecular complexity index is 1550. The van der Waals surface area contributed by atoms with Gasteiger partial charge in [0.05, 0.1) is 22.3 Å². The Morgan fingerprint density at radius 2 is 1.83 bits per heavy atom. The van der Waals surface area contributed by atoms with Crippen molar-refractivity contribution in [2.75, 3.05) is 29.5 Å². The smallest absolute Gasteiger partial charge is 0.341 e. The number of piperazine rings is 1. The number of carboxylic acids is 1. The minimum absolute atomic E-state index is 0.0110.